The number of aliphatic hydroxyl groups excluding tert-OH is 1. The Morgan fingerprint density at radius 2 is 2.19 bits per heavy atom. The SMILES string of the molecule is Cc1cnc(C(O)Cc2cn(C)nn2)cn1. The standard InChI is InChI=1S/C10H13N5O/c1-7-4-12-9(5-11-7)10(16)3-8-6-15(2)14-13-8/h4-6,10,16H,3H2,1-2H3. The van der Waals surface area contributed by atoms with E-state index in [9.17, 15) is 5.11 Å². The van der Waals surface area contributed by atoms with Crippen molar-refractivity contribution < 1.29 is 5.11 Å². The summed E-state index contributed by atoms with van der Waals surface area (Å²) in [7, 11) is 1.79. The van der Waals surface area contributed by atoms with Gasteiger partial charge in [-0.15, -0.1) is 5.10 Å². The Morgan fingerprint density at radius 3 is 2.75 bits per heavy atom. The molecule has 1 unspecified atom stereocenters. The summed E-state index contributed by atoms with van der Waals surface area (Å²) in [6.45, 7) is 1.85. The number of aliphatic hydroxyl groups is 1. The highest BCUT2D eigenvalue weighted by Gasteiger charge is 2.12. The molecule has 16 heavy (non-hydrogen) atoms. The summed E-state index contributed by atoms with van der Waals surface area (Å²) in [6, 6.07) is 0. The first-order valence-electron chi connectivity index (χ1n) is 4.97. The van der Waals surface area contributed by atoms with Gasteiger partial charge < -0.3 is 5.11 Å². The van der Waals surface area contributed by atoms with Crippen molar-refractivity contribution in [1.82, 2.24) is 25.0 Å². The van der Waals surface area contributed by atoms with Crippen molar-refractivity contribution in [3.8, 4) is 0 Å². The molecule has 0 saturated carbocycles. The van der Waals surface area contributed by atoms with E-state index in [2.05, 4.69) is 20.3 Å². The minimum atomic E-state index is -0.690. The smallest absolute Gasteiger partial charge is 0.103 e. The second-order valence-electron chi connectivity index (χ2n) is 3.69. The van der Waals surface area contributed by atoms with E-state index >= 15 is 0 Å². The summed E-state index contributed by atoms with van der Waals surface area (Å²) in [5, 5.41) is 17.6. The lowest BCUT2D eigenvalue weighted by atomic mass is 10.1. The normalized spacial score (nSPS) is 12.7. The second-order valence-corrected chi connectivity index (χ2v) is 3.69. The van der Waals surface area contributed by atoms with Gasteiger partial charge in [-0.1, -0.05) is 5.21 Å². The van der Waals surface area contributed by atoms with Crippen LogP contribution in [0.1, 0.15) is 23.2 Å². The van der Waals surface area contributed by atoms with E-state index in [1.807, 2.05) is 6.92 Å². The van der Waals surface area contributed by atoms with Crippen molar-refractivity contribution in [2.45, 2.75) is 19.4 Å². The first kappa shape index (κ1) is 10.7. The van der Waals surface area contributed by atoms with Gasteiger partial charge in [-0.3, -0.25) is 14.6 Å². The number of rotatable bonds is 3. The van der Waals surface area contributed by atoms with Gasteiger partial charge in [-0.25, -0.2) is 0 Å². The van der Waals surface area contributed by atoms with Gasteiger partial charge in [0, 0.05) is 25.9 Å². The van der Waals surface area contributed by atoms with Crippen LogP contribution in [0.15, 0.2) is 18.6 Å². The Bertz CT molecular complexity index is 464. The summed E-state index contributed by atoms with van der Waals surface area (Å²) in [5.41, 5.74) is 2.11. The lowest BCUT2D eigenvalue weighted by Crippen LogP contribution is -2.05. The minimum absolute atomic E-state index is 0.394. The van der Waals surface area contributed by atoms with Gasteiger partial charge >= 0.3 is 0 Å². The van der Waals surface area contributed by atoms with Crippen molar-refractivity contribution in [1.29, 1.82) is 0 Å². The molecule has 0 aliphatic carbocycles. The first-order chi connectivity index (χ1) is 7.65. The van der Waals surface area contributed by atoms with Gasteiger partial charge in [-0.05, 0) is 6.92 Å². The molecule has 0 saturated heterocycles. The Kier molecular flexibility index (Phi) is 2.91. The molecule has 1 atom stereocenters. The summed E-state index contributed by atoms with van der Waals surface area (Å²) in [4.78, 5) is 8.20. The van der Waals surface area contributed by atoms with Crippen LogP contribution in [-0.2, 0) is 13.5 Å². The van der Waals surface area contributed by atoms with Gasteiger partial charge in [0.25, 0.3) is 0 Å². The third kappa shape index (κ3) is 2.40. The number of hydrogen-bond donors (Lipinski definition) is 1. The van der Waals surface area contributed by atoms with Gasteiger partial charge in [0.2, 0.25) is 0 Å². The maximum atomic E-state index is 9.89. The van der Waals surface area contributed by atoms with Crippen LogP contribution in [0.25, 0.3) is 0 Å². The topological polar surface area (TPSA) is 76.7 Å². The minimum Gasteiger partial charge on any atom is -0.386 e. The average Bonchev–Trinajstić information content (AvgIpc) is 2.65. The summed E-state index contributed by atoms with van der Waals surface area (Å²) in [6.07, 6.45) is 4.69. The van der Waals surface area contributed by atoms with E-state index in [1.165, 1.54) is 0 Å². The Hall–Kier alpha value is -1.82. The molecule has 0 fully saturated rings. The van der Waals surface area contributed by atoms with E-state index in [0.29, 0.717) is 12.1 Å². The molecule has 0 aromatic carbocycles. The van der Waals surface area contributed by atoms with Crippen molar-refractivity contribution >= 4 is 0 Å². The predicted octanol–water partition coefficient (Wildman–Crippen LogP) is 0.190. The fourth-order valence-corrected chi connectivity index (χ4v) is 1.37. The van der Waals surface area contributed by atoms with Crippen molar-refractivity contribution in [2.75, 3.05) is 0 Å². The molecular weight excluding hydrogens is 206 g/mol. The van der Waals surface area contributed by atoms with Gasteiger partial charge in [0.1, 0.15) is 6.10 Å². The predicted molar refractivity (Wildman–Crippen MR) is 56.4 cm³/mol. The number of nitrogens with zero attached hydrogens (tertiary/aromatic N) is 5. The van der Waals surface area contributed by atoms with Crippen LogP contribution in [0.3, 0.4) is 0 Å². The Morgan fingerprint density at radius 1 is 1.38 bits per heavy atom. The molecule has 0 aliphatic heterocycles. The van der Waals surface area contributed by atoms with E-state index in [0.717, 1.165) is 11.4 Å². The average molecular weight is 219 g/mol. The maximum absolute atomic E-state index is 9.89. The molecule has 0 bridgehead atoms. The zero-order valence-corrected chi connectivity index (χ0v) is 9.20. The molecule has 0 spiro atoms. The third-order valence-corrected chi connectivity index (χ3v) is 2.19. The van der Waals surface area contributed by atoms with Gasteiger partial charge in [0.15, 0.2) is 0 Å². The van der Waals surface area contributed by atoms with Crippen LogP contribution in [-0.4, -0.2) is 30.1 Å². The highest BCUT2D eigenvalue weighted by molar-refractivity contribution is 5.07. The number of aryl methyl sites for hydroxylation is 2. The molecule has 2 heterocycles. The van der Waals surface area contributed by atoms with Crippen molar-refractivity contribution in [3.63, 3.8) is 0 Å². The van der Waals surface area contributed by atoms with E-state index in [-0.39, 0.29) is 0 Å². The summed E-state index contributed by atoms with van der Waals surface area (Å²) >= 11 is 0. The molecule has 0 aliphatic rings. The molecule has 0 amide bonds. The molecule has 2 aromatic rings. The molecule has 0 radical (unpaired) electrons. The van der Waals surface area contributed by atoms with E-state index < -0.39 is 6.10 Å². The van der Waals surface area contributed by atoms with Gasteiger partial charge in [0.05, 0.1) is 23.3 Å². The third-order valence-electron chi connectivity index (χ3n) is 2.19. The number of hydrogen-bond acceptors (Lipinski definition) is 5. The highest BCUT2D eigenvalue weighted by atomic mass is 16.3. The summed E-state index contributed by atoms with van der Waals surface area (Å²) in [5.74, 6) is 0. The highest BCUT2D eigenvalue weighted by Crippen LogP contribution is 2.13. The fraction of sp³-hybridized carbons (Fsp3) is 0.400. The van der Waals surface area contributed by atoms with Crippen molar-refractivity contribution in [3.05, 3.63) is 35.7 Å². The quantitative estimate of drug-likeness (QED) is 0.797. The largest absolute Gasteiger partial charge is 0.386 e. The fourth-order valence-electron chi connectivity index (χ4n) is 1.37. The van der Waals surface area contributed by atoms with Crippen LogP contribution >= 0.6 is 0 Å². The maximum Gasteiger partial charge on any atom is 0.103 e. The first-order valence-corrected chi connectivity index (χ1v) is 4.97. The zero-order valence-electron chi connectivity index (χ0n) is 9.20. The molecule has 1 N–H and O–H groups in total. The zero-order chi connectivity index (χ0) is 11.5. The summed E-state index contributed by atoms with van der Waals surface area (Å²) < 4.78 is 1.60. The number of aromatic nitrogens is 5. The lowest BCUT2D eigenvalue weighted by Gasteiger charge is -2.07. The van der Waals surface area contributed by atoms with Crippen LogP contribution < -0.4 is 0 Å². The van der Waals surface area contributed by atoms with Crippen LogP contribution in [0.5, 0.6) is 0 Å². The Balaban J connectivity index is 2.08. The van der Waals surface area contributed by atoms with Crippen LogP contribution in [0.2, 0.25) is 0 Å². The molecule has 84 valence electrons. The van der Waals surface area contributed by atoms with Crippen LogP contribution in [0, 0.1) is 6.92 Å². The van der Waals surface area contributed by atoms with E-state index in [4.69, 9.17) is 0 Å². The van der Waals surface area contributed by atoms with Crippen LogP contribution in [0.4, 0.5) is 0 Å². The monoisotopic (exact) mass is 219 g/mol. The molecule has 2 rings (SSSR count). The Labute approximate surface area is 93.0 Å². The van der Waals surface area contributed by atoms with Gasteiger partial charge in [-0.2, -0.15) is 0 Å². The van der Waals surface area contributed by atoms with E-state index in [1.54, 1.807) is 30.3 Å². The molecular formula is C10H13N5O. The second kappa shape index (κ2) is 4.36. The lowest BCUT2D eigenvalue weighted by molar-refractivity contribution is 0.172. The molecule has 6 nitrogen and oxygen atoms in total. The molecule has 6 heteroatoms. The molecule has 2 aromatic heterocycles. The van der Waals surface area contributed by atoms with Crippen molar-refractivity contribution in [2.24, 2.45) is 7.05 Å².